The fraction of sp³-hybridized carbons (Fsp3) is 0.125. The minimum absolute atomic E-state index is 0.210. The number of aromatic nitrogens is 1. The Morgan fingerprint density at radius 2 is 1.59 bits per heavy atom. The molecule has 0 saturated heterocycles. The first-order valence-corrected chi connectivity index (χ1v) is 7.25. The highest BCUT2D eigenvalue weighted by Gasteiger charge is 2.57. The van der Waals surface area contributed by atoms with Gasteiger partial charge in [-0.15, -0.1) is 0 Å². The molecule has 114 valence electrons. The van der Waals surface area contributed by atoms with Gasteiger partial charge in [-0.2, -0.15) is 13.2 Å². The molecular formula is C16H11BrF3NO. The van der Waals surface area contributed by atoms with Gasteiger partial charge in [0, 0.05) is 27.1 Å². The highest BCUT2D eigenvalue weighted by Crippen LogP contribution is 2.46. The van der Waals surface area contributed by atoms with Gasteiger partial charge in [-0.25, -0.2) is 0 Å². The molecule has 1 heterocycles. The number of halogens is 4. The zero-order chi connectivity index (χ0) is 16.0. The summed E-state index contributed by atoms with van der Waals surface area (Å²) in [7, 11) is 0. The zero-order valence-corrected chi connectivity index (χ0v) is 12.7. The van der Waals surface area contributed by atoms with Crippen LogP contribution in [0.25, 0.3) is 10.9 Å². The standard InChI is InChI=1S/C16H11BrF3NO/c17-11-7-5-10(6-8-11)15(22,16(18,19)20)13-9-21-14-4-2-1-3-12(13)14/h1-9,21-22H. The van der Waals surface area contributed by atoms with E-state index in [0.29, 0.717) is 15.4 Å². The van der Waals surface area contributed by atoms with Crippen molar-refractivity contribution >= 4 is 26.8 Å². The Balaban J connectivity index is 2.29. The molecule has 0 bridgehead atoms. The van der Waals surface area contributed by atoms with Gasteiger partial charge in [-0.05, 0) is 23.8 Å². The van der Waals surface area contributed by atoms with Gasteiger partial charge < -0.3 is 10.1 Å². The Kier molecular flexibility index (Phi) is 3.53. The van der Waals surface area contributed by atoms with E-state index in [9.17, 15) is 18.3 Å². The maximum Gasteiger partial charge on any atom is 0.425 e. The zero-order valence-electron chi connectivity index (χ0n) is 11.2. The van der Waals surface area contributed by atoms with E-state index in [0.717, 1.165) is 0 Å². The third-order valence-electron chi connectivity index (χ3n) is 3.65. The van der Waals surface area contributed by atoms with Crippen LogP contribution in [0.15, 0.2) is 59.2 Å². The monoisotopic (exact) mass is 369 g/mol. The Hall–Kier alpha value is -1.79. The molecule has 0 aliphatic carbocycles. The molecule has 1 unspecified atom stereocenters. The Morgan fingerprint density at radius 3 is 2.23 bits per heavy atom. The van der Waals surface area contributed by atoms with Gasteiger partial charge in [0.2, 0.25) is 5.60 Å². The van der Waals surface area contributed by atoms with Crippen molar-refractivity contribution in [3.05, 3.63) is 70.3 Å². The summed E-state index contributed by atoms with van der Waals surface area (Å²) in [4.78, 5) is 2.78. The van der Waals surface area contributed by atoms with E-state index in [-0.39, 0.29) is 11.1 Å². The third-order valence-corrected chi connectivity index (χ3v) is 4.18. The second kappa shape index (κ2) is 5.14. The van der Waals surface area contributed by atoms with Crippen LogP contribution < -0.4 is 0 Å². The first kappa shape index (κ1) is 15.1. The van der Waals surface area contributed by atoms with Crippen molar-refractivity contribution in [2.75, 3.05) is 0 Å². The number of rotatable bonds is 2. The summed E-state index contributed by atoms with van der Waals surface area (Å²) in [5, 5.41) is 10.9. The van der Waals surface area contributed by atoms with Gasteiger partial charge in [-0.3, -0.25) is 0 Å². The van der Waals surface area contributed by atoms with Crippen molar-refractivity contribution in [3.8, 4) is 0 Å². The molecular weight excluding hydrogens is 359 g/mol. The summed E-state index contributed by atoms with van der Waals surface area (Å²) in [6.07, 6.45) is -3.65. The molecule has 0 saturated carbocycles. The molecule has 0 spiro atoms. The smallest absolute Gasteiger partial charge is 0.372 e. The molecule has 22 heavy (non-hydrogen) atoms. The molecule has 0 fully saturated rings. The maximum atomic E-state index is 13.7. The van der Waals surface area contributed by atoms with Crippen LogP contribution in [0.2, 0.25) is 0 Å². The van der Waals surface area contributed by atoms with E-state index in [1.54, 1.807) is 24.3 Å². The molecule has 0 radical (unpaired) electrons. The summed E-state index contributed by atoms with van der Waals surface area (Å²) in [6.45, 7) is 0. The molecule has 0 amide bonds. The lowest BCUT2D eigenvalue weighted by Gasteiger charge is -2.31. The number of alkyl halides is 3. The summed E-state index contributed by atoms with van der Waals surface area (Å²) >= 11 is 3.18. The minimum atomic E-state index is -4.86. The van der Waals surface area contributed by atoms with E-state index in [1.165, 1.54) is 30.5 Å². The van der Waals surface area contributed by atoms with Gasteiger partial charge in [0.1, 0.15) is 0 Å². The summed E-state index contributed by atoms with van der Waals surface area (Å²) in [5.74, 6) is 0. The lowest BCUT2D eigenvalue weighted by Crippen LogP contribution is -2.43. The van der Waals surface area contributed by atoms with Gasteiger partial charge in [0.15, 0.2) is 0 Å². The number of benzene rings is 2. The van der Waals surface area contributed by atoms with Crippen LogP contribution in [0.3, 0.4) is 0 Å². The number of aliphatic hydroxyl groups is 1. The normalized spacial score (nSPS) is 15.0. The van der Waals surface area contributed by atoms with Crippen molar-refractivity contribution in [3.63, 3.8) is 0 Å². The summed E-state index contributed by atoms with van der Waals surface area (Å²) in [5.41, 5.74) is -2.98. The van der Waals surface area contributed by atoms with Crippen LogP contribution >= 0.6 is 15.9 Å². The molecule has 2 aromatic carbocycles. The van der Waals surface area contributed by atoms with Crippen LogP contribution in [-0.2, 0) is 5.60 Å². The van der Waals surface area contributed by atoms with E-state index in [4.69, 9.17) is 0 Å². The van der Waals surface area contributed by atoms with Crippen molar-refractivity contribution in [1.82, 2.24) is 4.98 Å². The van der Waals surface area contributed by atoms with Crippen molar-refractivity contribution in [2.24, 2.45) is 0 Å². The topological polar surface area (TPSA) is 36.0 Å². The number of fused-ring (bicyclic) bond motifs is 1. The SMILES string of the molecule is OC(c1ccc(Br)cc1)(c1c[nH]c2ccccc12)C(F)(F)F. The quantitative estimate of drug-likeness (QED) is 0.672. The van der Waals surface area contributed by atoms with Crippen LogP contribution in [0.1, 0.15) is 11.1 Å². The molecule has 2 N–H and O–H groups in total. The lowest BCUT2D eigenvalue weighted by molar-refractivity contribution is -0.247. The van der Waals surface area contributed by atoms with Crippen LogP contribution in [0, 0.1) is 0 Å². The average molecular weight is 370 g/mol. The van der Waals surface area contributed by atoms with Crippen molar-refractivity contribution in [2.45, 2.75) is 11.8 Å². The number of hydrogen-bond acceptors (Lipinski definition) is 1. The predicted octanol–water partition coefficient (Wildman–Crippen LogP) is 4.73. The summed E-state index contributed by atoms with van der Waals surface area (Å²) in [6, 6.07) is 12.0. The van der Waals surface area contributed by atoms with E-state index in [1.807, 2.05) is 0 Å². The van der Waals surface area contributed by atoms with Crippen molar-refractivity contribution < 1.29 is 18.3 Å². The van der Waals surface area contributed by atoms with Crippen molar-refractivity contribution in [1.29, 1.82) is 0 Å². The molecule has 1 aromatic heterocycles. The minimum Gasteiger partial charge on any atom is -0.372 e. The molecule has 3 rings (SSSR count). The van der Waals surface area contributed by atoms with E-state index >= 15 is 0 Å². The molecule has 0 aliphatic heterocycles. The average Bonchev–Trinajstić information content (AvgIpc) is 2.90. The number of hydrogen-bond donors (Lipinski definition) is 2. The van der Waals surface area contributed by atoms with Gasteiger partial charge in [0.25, 0.3) is 0 Å². The molecule has 3 aromatic rings. The van der Waals surface area contributed by atoms with Crippen LogP contribution in [0.4, 0.5) is 13.2 Å². The first-order chi connectivity index (χ1) is 10.3. The largest absolute Gasteiger partial charge is 0.425 e. The van der Waals surface area contributed by atoms with Gasteiger partial charge in [-0.1, -0.05) is 46.3 Å². The second-order valence-electron chi connectivity index (χ2n) is 4.96. The fourth-order valence-electron chi connectivity index (χ4n) is 2.53. The Morgan fingerprint density at radius 1 is 0.955 bits per heavy atom. The summed E-state index contributed by atoms with van der Waals surface area (Å²) < 4.78 is 41.8. The number of para-hydroxylation sites is 1. The van der Waals surface area contributed by atoms with Crippen LogP contribution in [-0.4, -0.2) is 16.3 Å². The number of nitrogens with one attached hydrogen (secondary N) is 1. The highest BCUT2D eigenvalue weighted by atomic mass is 79.9. The predicted molar refractivity (Wildman–Crippen MR) is 81.5 cm³/mol. The third kappa shape index (κ3) is 2.23. The molecule has 0 aliphatic rings. The van der Waals surface area contributed by atoms with E-state index in [2.05, 4.69) is 20.9 Å². The Bertz CT molecular complexity index is 810. The second-order valence-corrected chi connectivity index (χ2v) is 5.88. The van der Waals surface area contributed by atoms with Crippen LogP contribution in [0.5, 0.6) is 0 Å². The first-order valence-electron chi connectivity index (χ1n) is 6.46. The molecule has 2 nitrogen and oxygen atoms in total. The fourth-order valence-corrected chi connectivity index (χ4v) is 2.80. The number of H-pyrrole nitrogens is 1. The molecule has 1 atom stereocenters. The van der Waals surface area contributed by atoms with E-state index < -0.39 is 11.8 Å². The maximum absolute atomic E-state index is 13.7. The highest BCUT2D eigenvalue weighted by molar-refractivity contribution is 9.10. The number of aromatic amines is 1. The Labute approximate surface area is 132 Å². The molecule has 6 heteroatoms. The lowest BCUT2D eigenvalue weighted by atomic mass is 9.85. The van der Waals surface area contributed by atoms with Gasteiger partial charge in [0.05, 0.1) is 0 Å². The van der Waals surface area contributed by atoms with Gasteiger partial charge >= 0.3 is 6.18 Å².